The number of carbonyl (C=O) groups excluding carboxylic acids is 3. The summed E-state index contributed by atoms with van der Waals surface area (Å²) in [6.45, 7) is 0. The van der Waals surface area contributed by atoms with Crippen LogP contribution in [0.5, 0.6) is 11.5 Å². The van der Waals surface area contributed by atoms with Gasteiger partial charge in [-0.1, -0.05) is 66.7 Å². The number of anilines is 1. The van der Waals surface area contributed by atoms with Gasteiger partial charge in [0.1, 0.15) is 28.0 Å². The molecule has 0 spiro atoms. The third-order valence-electron chi connectivity index (χ3n) is 10.9. The predicted molar refractivity (Wildman–Crippen MR) is 231 cm³/mol. The molecule has 8 rings (SSSR count). The second-order valence-corrected chi connectivity index (χ2v) is 15.8. The van der Waals surface area contributed by atoms with E-state index in [0.717, 1.165) is 5.39 Å². The number of primary amides is 2. The van der Waals surface area contributed by atoms with Crippen LogP contribution in [0.15, 0.2) is 139 Å². The van der Waals surface area contributed by atoms with Crippen LogP contribution in [-0.4, -0.2) is 51.5 Å². The van der Waals surface area contributed by atoms with Crippen molar-refractivity contribution in [3.05, 3.63) is 161 Å². The fourth-order valence-electron chi connectivity index (χ4n) is 8.44. The number of thiophene rings is 2. The molecule has 296 valence electrons. The zero-order valence-electron chi connectivity index (χ0n) is 32.2. The van der Waals surface area contributed by atoms with Gasteiger partial charge in [0.25, 0.3) is 0 Å². The second kappa shape index (κ2) is 15.7. The first-order valence-electron chi connectivity index (χ1n) is 18.5. The zero-order valence-corrected chi connectivity index (χ0v) is 33.8. The van der Waals surface area contributed by atoms with Crippen LogP contribution in [-0.2, 0) is 32.3 Å². The van der Waals surface area contributed by atoms with Gasteiger partial charge in [-0.25, -0.2) is 9.97 Å². The molecule has 4 heterocycles. The average Bonchev–Trinajstić information content (AvgIpc) is 4.10. The summed E-state index contributed by atoms with van der Waals surface area (Å²) in [4.78, 5) is 60.6. The minimum Gasteiger partial charge on any atom is -0.497 e. The quantitative estimate of drug-likeness (QED) is 0.0883. The van der Waals surface area contributed by atoms with Gasteiger partial charge in [0.2, 0.25) is 17.7 Å². The van der Waals surface area contributed by atoms with Crippen molar-refractivity contribution in [1.29, 1.82) is 0 Å². The van der Waals surface area contributed by atoms with Crippen molar-refractivity contribution in [2.24, 2.45) is 18.5 Å². The van der Waals surface area contributed by atoms with Crippen LogP contribution in [0.4, 0.5) is 5.69 Å². The number of hydrogen-bond acceptors (Lipinski definition) is 9. The molecule has 0 saturated heterocycles. The standard InChI is InChI=1S/C45H39N7O5S2/c1-52-24-37(50-26-52)40-35(20-22-59-40)51-43(55)45(29-13-17-31(57-3)18-14-29,38(41(46)53)33-10-6-8-27-7-4-5-9-32(27)33)44(42(47)54,28-11-15-30(56-2)16-12-28)34-19-21-58-39(34)36-23-48-25-49-36/h4-26,38H,1-3H3,(H2,46,53)(H2,47,54)(H,48,49)(H,51,55). The SMILES string of the molecule is COc1ccc(C(C(N)=O)(c2ccsc2-c2c[nH]cn2)C(C(=O)Nc2ccsc2-c2cn(C)cn2)(c2ccc(OC)cc2)C(C(N)=O)c2cccc3ccccc23)cc1. The van der Waals surface area contributed by atoms with E-state index in [1.807, 2.05) is 54.3 Å². The van der Waals surface area contributed by atoms with Crippen molar-refractivity contribution in [3.63, 3.8) is 0 Å². The van der Waals surface area contributed by atoms with E-state index in [4.69, 9.17) is 20.9 Å². The number of ether oxygens (including phenoxy) is 2. The van der Waals surface area contributed by atoms with Crippen molar-refractivity contribution in [2.45, 2.75) is 16.7 Å². The average molecular weight is 822 g/mol. The molecular formula is C45H39N7O5S2. The molecule has 0 aliphatic rings. The number of benzene rings is 4. The Balaban J connectivity index is 1.59. The summed E-state index contributed by atoms with van der Waals surface area (Å²) >= 11 is 2.70. The van der Waals surface area contributed by atoms with Crippen LogP contribution in [0.25, 0.3) is 31.9 Å². The third-order valence-corrected chi connectivity index (χ3v) is 12.8. The van der Waals surface area contributed by atoms with E-state index in [0.29, 0.717) is 60.4 Å². The molecular weight excluding hydrogens is 783 g/mol. The lowest BCUT2D eigenvalue weighted by molar-refractivity contribution is -0.137. The molecule has 6 N–H and O–H groups in total. The monoisotopic (exact) mass is 821 g/mol. The van der Waals surface area contributed by atoms with E-state index in [9.17, 15) is 4.79 Å². The number of carbonyl (C=O) groups is 3. The van der Waals surface area contributed by atoms with Gasteiger partial charge in [-0.05, 0) is 80.2 Å². The van der Waals surface area contributed by atoms with Crippen LogP contribution < -0.4 is 26.3 Å². The molecule has 0 bridgehead atoms. The number of imidazole rings is 2. The van der Waals surface area contributed by atoms with Gasteiger partial charge in [0.05, 0.1) is 53.9 Å². The summed E-state index contributed by atoms with van der Waals surface area (Å²) in [5.74, 6) is -3.14. The molecule has 0 aliphatic carbocycles. The Morgan fingerprint density at radius 3 is 2.07 bits per heavy atom. The van der Waals surface area contributed by atoms with E-state index in [-0.39, 0.29) is 5.56 Å². The van der Waals surface area contributed by atoms with Crippen molar-refractivity contribution in [2.75, 3.05) is 19.5 Å². The Morgan fingerprint density at radius 1 is 0.780 bits per heavy atom. The van der Waals surface area contributed by atoms with Gasteiger partial charge in [-0.15, -0.1) is 22.7 Å². The molecule has 4 aromatic heterocycles. The molecule has 3 unspecified atom stereocenters. The van der Waals surface area contributed by atoms with E-state index in [2.05, 4.69) is 20.3 Å². The molecule has 12 nitrogen and oxygen atoms in total. The fraction of sp³-hybridized carbons (Fsp3) is 0.133. The van der Waals surface area contributed by atoms with E-state index in [1.54, 1.807) is 89.9 Å². The molecule has 14 heteroatoms. The zero-order chi connectivity index (χ0) is 41.3. The van der Waals surface area contributed by atoms with Crippen molar-refractivity contribution >= 4 is 56.9 Å². The molecule has 0 aliphatic heterocycles. The molecule has 4 aromatic carbocycles. The van der Waals surface area contributed by atoms with Crippen LogP contribution in [0.3, 0.4) is 0 Å². The van der Waals surface area contributed by atoms with E-state index < -0.39 is 34.5 Å². The number of nitrogens with two attached hydrogens (primary N) is 2. The summed E-state index contributed by atoms with van der Waals surface area (Å²) in [5.41, 5.74) is 12.0. The molecule has 0 fully saturated rings. The Morgan fingerprint density at radius 2 is 1.44 bits per heavy atom. The topological polar surface area (TPSA) is 180 Å². The van der Waals surface area contributed by atoms with Crippen molar-refractivity contribution < 1.29 is 23.9 Å². The number of methoxy groups -OCH3 is 2. The molecule has 0 saturated carbocycles. The number of amides is 3. The maximum absolute atomic E-state index is 16.7. The van der Waals surface area contributed by atoms with Crippen LogP contribution in [0.2, 0.25) is 0 Å². The van der Waals surface area contributed by atoms with Crippen LogP contribution in [0.1, 0.15) is 28.2 Å². The third kappa shape index (κ3) is 6.33. The summed E-state index contributed by atoms with van der Waals surface area (Å²) in [6, 6.07) is 30.1. The lowest BCUT2D eigenvalue weighted by Crippen LogP contribution is -2.67. The molecule has 0 radical (unpaired) electrons. The fourth-order valence-corrected chi connectivity index (χ4v) is 10.2. The molecule has 8 aromatic rings. The van der Waals surface area contributed by atoms with Gasteiger partial charge in [-0.2, -0.15) is 0 Å². The van der Waals surface area contributed by atoms with Crippen molar-refractivity contribution in [1.82, 2.24) is 19.5 Å². The normalized spacial score (nSPS) is 13.9. The number of rotatable bonds is 14. The predicted octanol–water partition coefficient (Wildman–Crippen LogP) is 7.39. The summed E-state index contributed by atoms with van der Waals surface area (Å²) < 4.78 is 13.0. The second-order valence-electron chi connectivity index (χ2n) is 13.9. The smallest absolute Gasteiger partial charge is 0.238 e. The van der Waals surface area contributed by atoms with Gasteiger partial charge < -0.3 is 35.8 Å². The number of H-pyrrole nitrogens is 1. The number of aromatic amines is 1. The van der Waals surface area contributed by atoms with Crippen LogP contribution >= 0.6 is 22.7 Å². The largest absolute Gasteiger partial charge is 0.497 e. The highest BCUT2D eigenvalue weighted by atomic mass is 32.1. The molecule has 59 heavy (non-hydrogen) atoms. The van der Waals surface area contributed by atoms with Gasteiger partial charge >= 0.3 is 0 Å². The highest BCUT2D eigenvalue weighted by molar-refractivity contribution is 7.14. The maximum Gasteiger partial charge on any atom is 0.238 e. The number of nitrogens with one attached hydrogen (secondary N) is 2. The first-order valence-corrected chi connectivity index (χ1v) is 20.2. The van der Waals surface area contributed by atoms with Crippen LogP contribution in [0, 0.1) is 0 Å². The number of aryl methyl sites for hydroxylation is 1. The Bertz CT molecular complexity index is 2790. The number of nitrogens with zero attached hydrogens (tertiary/aromatic N) is 3. The summed E-state index contributed by atoms with van der Waals surface area (Å²) in [6.07, 6.45) is 6.73. The minimum atomic E-state index is -2.31. The van der Waals surface area contributed by atoms with E-state index in [1.165, 1.54) is 43.2 Å². The molecule has 3 amide bonds. The lowest BCUT2D eigenvalue weighted by Gasteiger charge is -2.52. The molecule has 3 atom stereocenters. The number of hydrogen-bond donors (Lipinski definition) is 4. The summed E-state index contributed by atoms with van der Waals surface area (Å²) in [7, 11) is 4.91. The highest BCUT2D eigenvalue weighted by Gasteiger charge is 2.69. The number of fused-ring (bicyclic) bond motifs is 1. The first kappa shape index (κ1) is 38.8. The number of aromatic nitrogens is 4. The van der Waals surface area contributed by atoms with Crippen molar-refractivity contribution in [3.8, 4) is 32.6 Å². The summed E-state index contributed by atoms with van der Waals surface area (Å²) in [5, 5.41) is 8.31. The highest BCUT2D eigenvalue weighted by Crippen LogP contribution is 2.60. The van der Waals surface area contributed by atoms with Gasteiger partial charge in [-0.3, -0.25) is 14.4 Å². The van der Waals surface area contributed by atoms with Gasteiger partial charge in [0.15, 0.2) is 0 Å². The maximum atomic E-state index is 16.7. The Hall–Kier alpha value is -7.03. The van der Waals surface area contributed by atoms with E-state index >= 15 is 9.59 Å². The van der Waals surface area contributed by atoms with Gasteiger partial charge in [0, 0.05) is 19.4 Å². The minimum absolute atomic E-state index is 0.260. The lowest BCUT2D eigenvalue weighted by atomic mass is 9.47. The first-order chi connectivity index (χ1) is 28.6. The Kier molecular flexibility index (Phi) is 10.3. The Labute approximate surface area is 347 Å².